The van der Waals surface area contributed by atoms with Gasteiger partial charge in [-0.05, 0) is 13.3 Å². The first kappa shape index (κ1) is 19.7. The monoisotopic (exact) mass is 358 g/mol. The average Bonchev–Trinajstić information content (AvgIpc) is 3.12. The van der Waals surface area contributed by atoms with E-state index in [-0.39, 0.29) is 30.8 Å². The molecule has 1 N–H and O–H groups in total. The van der Waals surface area contributed by atoms with Crippen LogP contribution in [0.1, 0.15) is 43.9 Å². The Bertz CT molecular complexity index is 722. The highest BCUT2D eigenvalue weighted by Gasteiger charge is 2.22. The lowest BCUT2D eigenvalue weighted by atomic mass is 9.97. The van der Waals surface area contributed by atoms with Crippen LogP contribution < -0.4 is 5.32 Å². The van der Waals surface area contributed by atoms with Crippen LogP contribution in [0.4, 0.5) is 0 Å². The maximum Gasteiger partial charge on any atom is 0.306 e. The van der Waals surface area contributed by atoms with Crippen LogP contribution in [0.25, 0.3) is 11.3 Å². The van der Waals surface area contributed by atoms with Crippen molar-refractivity contribution in [3.05, 3.63) is 41.7 Å². The molecule has 0 bridgehead atoms. The number of unbranched alkanes of at least 4 members (excludes halogenated alkanes) is 1. The summed E-state index contributed by atoms with van der Waals surface area (Å²) in [4.78, 5) is 23.9. The maximum absolute atomic E-state index is 12.4. The zero-order valence-corrected chi connectivity index (χ0v) is 15.6. The summed E-state index contributed by atoms with van der Waals surface area (Å²) in [7, 11) is 1.33. The van der Waals surface area contributed by atoms with Crippen molar-refractivity contribution in [2.45, 2.75) is 46.1 Å². The zero-order valence-electron chi connectivity index (χ0n) is 15.6. The second-order valence-corrected chi connectivity index (χ2v) is 6.38. The highest BCUT2D eigenvalue weighted by molar-refractivity contribution is 5.83. The van der Waals surface area contributed by atoms with Crippen molar-refractivity contribution < 1.29 is 18.8 Å². The Labute approximate surface area is 153 Å². The minimum Gasteiger partial charge on any atom is -0.469 e. The van der Waals surface area contributed by atoms with Gasteiger partial charge in [0, 0.05) is 17.5 Å². The largest absolute Gasteiger partial charge is 0.469 e. The number of carbonyl (C=O) groups excluding carboxylic acids is 2. The predicted molar refractivity (Wildman–Crippen MR) is 98.2 cm³/mol. The number of hydrogen-bond donors (Lipinski definition) is 1. The van der Waals surface area contributed by atoms with E-state index in [1.807, 2.05) is 44.2 Å². The van der Waals surface area contributed by atoms with Crippen LogP contribution in [0.3, 0.4) is 0 Å². The van der Waals surface area contributed by atoms with E-state index < -0.39 is 0 Å². The molecule has 0 aliphatic carbocycles. The van der Waals surface area contributed by atoms with Gasteiger partial charge in [-0.2, -0.15) is 0 Å². The molecule has 0 fully saturated rings. The number of rotatable bonds is 9. The van der Waals surface area contributed by atoms with Crippen LogP contribution in [0.5, 0.6) is 0 Å². The van der Waals surface area contributed by atoms with Crippen molar-refractivity contribution in [3.63, 3.8) is 0 Å². The number of aromatic nitrogens is 1. The first-order valence-corrected chi connectivity index (χ1v) is 8.90. The average molecular weight is 358 g/mol. The van der Waals surface area contributed by atoms with Crippen LogP contribution in [0.2, 0.25) is 0 Å². The molecule has 140 valence electrons. The minimum absolute atomic E-state index is 0.0906. The van der Waals surface area contributed by atoms with Gasteiger partial charge in [-0.15, -0.1) is 0 Å². The molecule has 0 radical (unpaired) electrons. The van der Waals surface area contributed by atoms with E-state index in [2.05, 4.69) is 15.2 Å². The molecule has 0 aliphatic heterocycles. The highest BCUT2D eigenvalue weighted by Crippen LogP contribution is 2.20. The minimum atomic E-state index is -0.387. The molecule has 6 heteroatoms. The third-order valence-corrected chi connectivity index (χ3v) is 4.26. The molecule has 6 nitrogen and oxygen atoms in total. The molecular weight excluding hydrogens is 332 g/mol. The second kappa shape index (κ2) is 9.75. The lowest BCUT2D eigenvalue weighted by molar-refractivity contribution is -0.144. The van der Waals surface area contributed by atoms with E-state index in [1.54, 1.807) is 0 Å². The van der Waals surface area contributed by atoms with Crippen LogP contribution in [-0.4, -0.2) is 24.1 Å². The van der Waals surface area contributed by atoms with Crippen molar-refractivity contribution >= 4 is 11.9 Å². The molecule has 1 atom stereocenters. The molecule has 1 amide bonds. The van der Waals surface area contributed by atoms with Gasteiger partial charge in [0.1, 0.15) is 5.69 Å². The van der Waals surface area contributed by atoms with E-state index in [1.165, 1.54) is 12.7 Å². The summed E-state index contributed by atoms with van der Waals surface area (Å²) in [6.45, 7) is 4.31. The fraction of sp³-hybridized carbons (Fsp3) is 0.450. The normalized spacial score (nSPS) is 11.8. The van der Waals surface area contributed by atoms with Crippen molar-refractivity contribution in [3.8, 4) is 11.3 Å². The van der Waals surface area contributed by atoms with Crippen LogP contribution in [0.15, 0.2) is 34.9 Å². The van der Waals surface area contributed by atoms with E-state index in [9.17, 15) is 9.59 Å². The number of benzene rings is 1. The SMILES string of the molecule is CCCC[C@H](CC(=O)OC)C(=O)NCc1cc(-c2ccc(C)cc2)no1. The Morgan fingerprint density at radius 2 is 2.00 bits per heavy atom. The third kappa shape index (κ3) is 5.72. The number of carbonyl (C=O) groups is 2. The Morgan fingerprint density at radius 3 is 2.65 bits per heavy atom. The lowest BCUT2D eigenvalue weighted by Crippen LogP contribution is -2.31. The predicted octanol–water partition coefficient (Wildman–Crippen LogP) is 3.64. The summed E-state index contributed by atoms with van der Waals surface area (Å²) in [5, 5.41) is 6.88. The van der Waals surface area contributed by atoms with Gasteiger partial charge in [0.2, 0.25) is 5.91 Å². The smallest absolute Gasteiger partial charge is 0.306 e. The Morgan fingerprint density at radius 1 is 1.27 bits per heavy atom. The standard InChI is InChI=1S/C20H26N2O4/c1-4-5-6-16(11-19(23)25-3)20(24)21-13-17-12-18(22-26-17)15-9-7-14(2)8-10-15/h7-10,12,16H,4-6,11,13H2,1-3H3,(H,21,24)/t16-/m1/s1. The van der Waals surface area contributed by atoms with Crippen molar-refractivity contribution in [1.82, 2.24) is 10.5 Å². The van der Waals surface area contributed by atoms with E-state index in [0.29, 0.717) is 12.2 Å². The fourth-order valence-corrected chi connectivity index (χ4v) is 2.64. The molecule has 0 saturated carbocycles. The van der Waals surface area contributed by atoms with Crippen LogP contribution >= 0.6 is 0 Å². The molecule has 1 aromatic carbocycles. The molecule has 1 aromatic heterocycles. The summed E-state index contributed by atoms with van der Waals surface area (Å²) < 4.78 is 9.99. The summed E-state index contributed by atoms with van der Waals surface area (Å²) >= 11 is 0. The number of nitrogens with one attached hydrogen (secondary N) is 1. The van der Waals surface area contributed by atoms with Gasteiger partial charge in [0.25, 0.3) is 0 Å². The van der Waals surface area contributed by atoms with Gasteiger partial charge < -0.3 is 14.6 Å². The van der Waals surface area contributed by atoms with Gasteiger partial charge in [0.15, 0.2) is 5.76 Å². The number of amides is 1. The van der Waals surface area contributed by atoms with Crippen LogP contribution in [0, 0.1) is 12.8 Å². The van der Waals surface area contributed by atoms with Gasteiger partial charge in [-0.1, -0.05) is 54.8 Å². The van der Waals surface area contributed by atoms with Crippen molar-refractivity contribution in [2.24, 2.45) is 5.92 Å². The summed E-state index contributed by atoms with van der Waals surface area (Å²) in [6, 6.07) is 9.79. The molecule has 26 heavy (non-hydrogen) atoms. The lowest BCUT2D eigenvalue weighted by Gasteiger charge is -2.14. The molecule has 1 heterocycles. The quantitative estimate of drug-likeness (QED) is 0.692. The van der Waals surface area contributed by atoms with Gasteiger partial charge in [0.05, 0.1) is 20.1 Å². The number of methoxy groups -OCH3 is 1. The third-order valence-electron chi connectivity index (χ3n) is 4.26. The molecule has 0 unspecified atom stereocenters. The summed E-state index contributed by atoms with van der Waals surface area (Å²) in [5.74, 6) is -0.358. The molecule has 2 rings (SSSR count). The van der Waals surface area contributed by atoms with E-state index in [4.69, 9.17) is 4.52 Å². The Balaban J connectivity index is 1.94. The van der Waals surface area contributed by atoms with Gasteiger partial charge in [-0.3, -0.25) is 9.59 Å². The second-order valence-electron chi connectivity index (χ2n) is 6.38. The first-order chi connectivity index (χ1) is 12.5. The fourth-order valence-electron chi connectivity index (χ4n) is 2.64. The topological polar surface area (TPSA) is 81.4 Å². The first-order valence-electron chi connectivity index (χ1n) is 8.90. The maximum atomic E-state index is 12.4. The molecule has 2 aromatic rings. The number of hydrogen-bond acceptors (Lipinski definition) is 5. The number of aryl methyl sites for hydroxylation is 1. The summed E-state index contributed by atoms with van der Waals surface area (Å²) in [6.07, 6.45) is 2.59. The summed E-state index contributed by atoms with van der Waals surface area (Å²) in [5.41, 5.74) is 2.86. The van der Waals surface area contributed by atoms with Crippen LogP contribution in [-0.2, 0) is 20.9 Å². The molecule has 0 saturated heterocycles. The zero-order chi connectivity index (χ0) is 18.9. The number of nitrogens with zero attached hydrogens (tertiary/aromatic N) is 1. The van der Waals surface area contributed by atoms with Crippen molar-refractivity contribution in [2.75, 3.05) is 7.11 Å². The van der Waals surface area contributed by atoms with Crippen molar-refractivity contribution in [1.29, 1.82) is 0 Å². The Kier molecular flexibility index (Phi) is 7.38. The van der Waals surface area contributed by atoms with Gasteiger partial charge in [-0.25, -0.2) is 0 Å². The Hall–Kier alpha value is -2.63. The number of esters is 1. The van der Waals surface area contributed by atoms with E-state index >= 15 is 0 Å². The highest BCUT2D eigenvalue weighted by atomic mass is 16.5. The van der Waals surface area contributed by atoms with E-state index in [0.717, 1.165) is 24.1 Å². The molecular formula is C20H26N2O4. The molecule has 0 spiro atoms. The number of ether oxygens (including phenoxy) is 1. The molecule has 0 aliphatic rings. The van der Waals surface area contributed by atoms with Gasteiger partial charge >= 0.3 is 5.97 Å².